The van der Waals surface area contributed by atoms with Gasteiger partial charge in [0.1, 0.15) is 11.6 Å². The minimum Gasteiger partial charge on any atom is -0.497 e. The summed E-state index contributed by atoms with van der Waals surface area (Å²) in [4.78, 5) is 31.6. The van der Waals surface area contributed by atoms with Crippen molar-refractivity contribution in [2.75, 3.05) is 7.11 Å². The molecule has 3 aromatic rings. The van der Waals surface area contributed by atoms with Crippen LogP contribution in [0.4, 0.5) is 4.39 Å². The van der Waals surface area contributed by atoms with Crippen LogP contribution in [0.2, 0.25) is 0 Å². The molecule has 0 amide bonds. The largest absolute Gasteiger partial charge is 0.497 e. The topological polar surface area (TPSA) is 69.9 Å². The van der Waals surface area contributed by atoms with Crippen LogP contribution in [0.5, 0.6) is 5.75 Å². The summed E-state index contributed by atoms with van der Waals surface area (Å²) in [5, 5.41) is 0. The molecule has 33 heavy (non-hydrogen) atoms. The van der Waals surface area contributed by atoms with Crippen LogP contribution in [0.25, 0.3) is 6.08 Å². The number of methoxy groups -OCH3 is 1. The minimum atomic E-state index is -0.700. The molecule has 170 valence electrons. The first-order valence-electron chi connectivity index (χ1n) is 10.4. The molecule has 0 aliphatic carbocycles. The number of fused-ring (bicyclic) bond motifs is 1. The molecular formula is C25H23FN2O4S. The highest BCUT2D eigenvalue weighted by Gasteiger charge is 2.33. The van der Waals surface area contributed by atoms with Gasteiger partial charge in [0.25, 0.3) is 5.56 Å². The van der Waals surface area contributed by atoms with Crippen LogP contribution in [0.1, 0.15) is 37.9 Å². The fraction of sp³-hybridized carbons (Fsp3) is 0.240. The zero-order valence-electron chi connectivity index (χ0n) is 18.7. The number of allylic oxidation sites excluding steroid dienone is 1. The maximum atomic E-state index is 13.5. The van der Waals surface area contributed by atoms with Gasteiger partial charge in [0.15, 0.2) is 4.80 Å². The average molecular weight is 467 g/mol. The van der Waals surface area contributed by atoms with Crippen molar-refractivity contribution in [3.8, 4) is 5.75 Å². The Labute approximate surface area is 193 Å². The first-order chi connectivity index (χ1) is 15.8. The van der Waals surface area contributed by atoms with Gasteiger partial charge in [-0.05, 0) is 62.2 Å². The van der Waals surface area contributed by atoms with E-state index in [0.29, 0.717) is 31.9 Å². The summed E-state index contributed by atoms with van der Waals surface area (Å²) < 4.78 is 26.0. The molecule has 1 unspecified atom stereocenters. The van der Waals surface area contributed by atoms with E-state index >= 15 is 0 Å². The van der Waals surface area contributed by atoms with Crippen molar-refractivity contribution >= 4 is 23.4 Å². The number of nitrogens with zero attached hydrogens (tertiary/aromatic N) is 2. The van der Waals surface area contributed by atoms with Gasteiger partial charge in [0, 0.05) is 0 Å². The summed E-state index contributed by atoms with van der Waals surface area (Å²) in [5.41, 5.74) is 1.95. The van der Waals surface area contributed by atoms with Gasteiger partial charge in [-0.15, -0.1) is 0 Å². The quantitative estimate of drug-likeness (QED) is 0.541. The van der Waals surface area contributed by atoms with Crippen LogP contribution < -0.4 is 19.6 Å². The fourth-order valence-electron chi connectivity index (χ4n) is 3.67. The average Bonchev–Trinajstić information content (AvgIpc) is 3.08. The van der Waals surface area contributed by atoms with Gasteiger partial charge in [-0.25, -0.2) is 14.2 Å². The molecule has 0 spiro atoms. The van der Waals surface area contributed by atoms with E-state index in [9.17, 15) is 14.0 Å². The summed E-state index contributed by atoms with van der Waals surface area (Å²) in [6, 6.07) is 12.4. The van der Waals surface area contributed by atoms with Crippen molar-refractivity contribution in [1.29, 1.82) is 0 Å². The number of hydrogen-bond donors (Lipinski definition) is 0. The van der Waals surface area contributed by atoms with Gasteiger partial charge >= 0.3 is 5.97 Å². The smallest absolute Gasteiger partial charge is 0.338 e. The molecule has 4 rings (SSSR count). The molecule has 0 saturated carbocycles. The number of halogens is 1. The maximum Gasteiger partial charge on any atom is 0.338 e. The molecule has 0 fully saturated rings. The Bertz CT molecular complexity index is 1400. The Morgan fingerprint density at radius 2 is 1.82 bits per heavy atom. The van der Waals surface area contributed by atoms with Gasteiger partial charge in [0.05, 0.1) is 35.1 Å². The lowest BCUT2D eigenvalue weighted by molar-refractivity contribution is -0.143. The molecule has 2 heterocycles. The molecular weight excluding hydrogens is 443 g/mol. The molecule has 6 nitrogen and oxygen atoms in total. The molecule has 1 aromatic heterocycles. The van der Waals surface area contributed by atoms with Gasteiger partial charge < -0.3 is 9.47 Å². The molecule has 1 atom stereocenters. The predicted octanol–water partition coefficient (Wildman–Crippen LogP) is 3.33. The standard InChI is InChI=1S/C25H23FN2O4S/c1-14(2)32-24(30)21-15(3)27-25-28(22(21)17-7-11-19(31-4)12-8-17)23(29)20(33-25)13-16-5-9-18(26)10-6-16/h5-14,22H,1-4H3/b20-13+. The molecule has 2 aromatic carbocycles. The highest BCUT2D eigenvalue weighted by atomic mass is 32.1. The van der Waals surface area contributed by atoms with Gasteiger partial charge in [-0.2, -0.15) is 0 Å². The molecule has 0 bridgehead atoms. The Kier molecular flexibility index (Phi) is 6.29. The van der Waals surface area contributed by atoms with Crippen molar-refractivity contribution in [1.82, 2.24) is 4.57 Å². The Morgan fingerprint density at radius 1 is 1.15 bits per heavy atom. The summed E-state index contributed by atoms with van der Waals surface area (Å²) in [5.74, 6) is -0.202. The van der Waals surface area contributed by atoms with Gasteiger partial charge in [0.2, 0.25) is 0 Å². The number of esters is 1. The van der Waals surface area contributed by atoms with E-state index in [-0.39, 0.29) is 17.5 Å². The summed E-state index contributed by atoms with van der Waals surface area (Å²) in [6.07, 6.45) is 1.37. The zero-order valence-corrected chi connectivity index (χ0v) is 19.5. The van der Waals surface area contributed by atoms with Crippen LogP contribution in [-0.4, -0.2) is 23.8 Å². The first-order valence-corrected chi connectivity index (χ1v) is 11.2. The second-order valence-corrected chi connectivity index (χ2v) is 8.87. The Morgan fingerprint density at radius 3 is 2.42 bits per heavy atom. The fourth-order valence-corrected chi connectivity index (χ4v) is 4.72. The number of carbonyl (C=O) groups is 1. The summed E-state index contributed by atoms with van der Waals surface area (Å²) >= 11 is 1.22. The third-order valence-corrected chi connectivity index (χ3v) is 6.17. The third kappa shape index (κ3) is 4.52. The number of carbonyl (C=O) groups excluding carboxylic acids is 1. The van der Waals surface area contributed by atoms with Crippen LogP contribution in [0, 0.1) is 5.82 Å². The van der Waals surface area contributed by atoms with Gasteiger partial charge in [-0.3, -0.25) is 9.36 Å². The maximum absolute atomic E-state index is 13.5. The lowest BCUT2D eigenvalue weighted by Gasteiger charge is -2.25. The van der Waals surface area contributed by atoms with Crippen molar-refractivity contribution in [3.63, 3.8) is 0 Å². The lowest BCUT2D eigenvalue weighted by atomic mass is 9.96. The number of thiazole rings is 1. The monoisotopic (exact) mass is 466 g/mol. The van der Waals surface area contributed by atoms with Crippen molar-refractivity contribution < 1.29 is 18.7 Å². The molecule has 0 saturated heterocycles. The highest BCUT2D eigenvalue weighted by Crippen LogP contribution is 2.31. The van der Waals surface area contributed by atoms with E-state index in [0.717, 1.165) is 5.56 Å². The van der Waals surface area contributed by atoms with E-state index in [4.69, 9.17) is 9.47 Å². The number of hydrogen-bond acceptors (Lipinski definition) is 6. The molecule has 0 radical (unpaired) electrons. The molecule has 0 N–H and O–H groups in total. The summed E-state index contributed by atoms with van der Waals surface area (Å²) in [7, 11) is 1.57. The molecule has 8 heteroatoms. The van der Waals surface area contributed by atoms with Crippen molar-refractivity contribution in [3.05, 3.63) is 96.4 Å². The van der Waals surface area contributed by atoms with Crippen molar-refractivity contribution in [2.45, 2.75) is 32.9 Å². The van der Waals surface area contributed by atoms with E-state index < -0.39 is 12.0 Å². The first kappa shape index (κ1) is 22.7. The van der Waals surface area contributed by atoms with E-state index in [1.165, 1.54) is 28.0 Å². The van der Waals surface area contributed by atoms with E-state index in [1.807, 2.05) is 12.1 Å². The number of rotatable bonds is 5. The highest BCUT2D eigenvalue weighted by molar-refractivity contribution is 7.07. The Hall–Kier alpha value is -3.52. The SMILES string of the molecule is COc1ccc(C2C(C(=O)OC(C)C)=C(C)N=c3s/c(=C/c4ccc(F)cc4)c(=O)n32)cc1. The number of aromatic nitrogens is 1. The Balaban J connectivity index is 1.92. The van der Waals surface area contributed by atoms with E-state index in [2.05, 4.69) is 4.99 Å². The second kappa shape index (κ2) is 9.15. The van der Waals surface area contributed by atoms with E-state index in [1.54, 1.807) is 58.2 Å². The van der Waals surface area contributed by atoms with Crippen LogP contribution in [0.3, 0.4) is 0 Å². The van der Waals surface area contributed by atoms with Crippen LogP contribution in [-0.2, 0) is 9.53 Å². The zero-order chi connectivity index (χ0) is 23.7. The molecule has 1 aliphatic rings. The number of benzene rings is 2. The lowest BCUT2D eigenvalue weighted by Crippen LogP contribution is -2.40. The number of ether oxygens (including phenoxy) is 2. The normalized spacial score (nSPS) is 15.9. The third-order valence-electron chi connectivity index (χ3n) is 5.18. The second-order valence-electron chi connectivity index (χ2n) is 7.86. The predicted molar refractivity (Wildman–Crippen MR) is 124 cm³/mol. The van der Waals surface area contributed by atoms with Crippen molar-refractivity contribution in [2.24, 2.45) is 4.99 Å². The minimum absolute atomic E-state index is 0.286. The summed E-state index contributed by atoms with van der Waals surface area (Å²) in [6.45, 7) is 5.28. The molecule has 1 aliphatic heterocycles. The van der Waals surface area contributed by atoms with Gasteiger partial charge in [-0.1, -0.05) is 35.6 Å². The van der Waals surface area contributed by atoms with Crippen LogP contribution >= 0.6 is 11.3 Å². The van der Waals surface area contributed by atoms with Crippen LogP contribution in [0.15, 0.2) is 69.6 Å².